The minimum absolute atomic E-state index is 0.0853. The van der Waals surface area contributed by atoms with Crippen molar-refractivity contribution < 1.29 is 14.0 Å². The van der Waals surface area contributed by atoms with Gasteiger partial charge in [-0.3, -0.25) is 4.79 Å². The summed E-state index contributed by atoms with van der Waals surface area (Å²) in [5, 5.41) is 2.76. The van der Waals surface area contributed by atoms with Gasteiger partial charge in [0.2, 0.25) is 5.91 Å². The number of carbonyl (C=O) groups excluding carboxylic acids is 2. The third-order valence-electron chi connectivity index (χ3n) is 4.17. The molecule has 0 bridgehead atoms. The smallest absolute Gasteiger partial charge is 0.318 e. The Kier molecular flexibility index (Phi) is 5.58. The molecule has 0 aromatic heterocycles. The minimum Gasteiger partial charge on any atom is -0.347 e. The van der Waals surface area contributed by atoms with E-state index in [4.69, 9.17) is 0 Å². The molecule has 2 rings (SSSR count). The van der Waals surface area contributed by atoms with Gasteiger partial charge in [0, 0.05) is 26.7 Å². The third-order valence-corrected chi connectivity index (χ3v) is 4.17. The van der Waals surface area contributed by atoms with Crippen LogP contribution in [0.2, 0.25) is 0 Å². The van der Waals surface area contributed by atoms with E-state index in [2.05, 4.69) is 5.32 Å². The Morgan fingerprint density at radius 3 is 2.61 bits per heavy atom. The second kappa shape index (κ2) is 7.44. The lowest BCUT2D eigenvalue weighted by Crippen LogP contribution is -2.51. The summed E-state index contributed by atoms with van der Waals surface area (Å²) >= 11 is 0. The van der Waals surface area contributed by atoms with Crippen LogP contribution in [-0.4, -0.2) is 54.5 Å². The number of hydrogen-bond acceptors (Lipinski definition) is 2. The first kappa shape index (κ1) is 17.2. The topological polar surface area (TPSA) is 52.7 Å². The lowest BCUT2D eigenvalue weighted by Gasteiger charge is -2.27. The predicted octanol–water partition coefficient (Wildman–Crippen LogP) is 2.02. The van der Waals surface area contributed by atoms with Crippen LogP contribution in [0.25, 0.3) is 0 Å². The Morgan fingerprint density at radius 1 is 1.35 bits per heavy atom. The van der Waals surface area contributed by atoms with Crippen molar-refractivity contribution in [1.29, 1.82) is 0 Å². The lowest BCUT2D eigenvalue weighted by molar-refractivity contribution is -0.130. The summed E-state index contributed by atoms with van der Waals surface area (Å²) < 4.78 is 13.0. The summed E-state index contributed by atoms with van der Waals surface area (Å²) in [6.07, 6.45) is 2.56. The van der Waals surface area contributed by atoms with Crippen molar-refractivity contribution in [2.75, 3.05) is 20.6 Å². The van der Waals surface area contributed by atoms with Crippen LogP contribution < -0.4 is 5.32 Å². The Labute approximate surface area is 136 Å². The molecule has 0 spiro atoms. The first-order valence-corrected chi connectivity index (χ1v) is 7.91. The quantitative estimate of drug-likeness (QED) is 0.922. The monoisotopic (exact) mass is 321 g/mol. The number of nitrogens with one attached hydrogen (secondary N) is 1. The van der Waals surface area contributed by atoms with E-state index in [0.717, 1.165) is 18.4 Å². The summed E-state index contributed by atoms with van der Waals surface area (Å²) in [6, 6.07) is 5.70. The fourth-order valence-corrected chi connectivity index (χ4v) is 2.93. The average molecular weight is 321 g/mol. The molecule has 1 aromatic carbocycles. The molecule has 0 saturated carbocycles. The first-order valence-electron chi connectivity index (χ1n) is 7.91. The molecule has 1 heterocycles. The number of nitrogens with zero attached hydrogens (tertiary/aromatic N) is 2. The van der Waals surface area contributed by atoms with E-state index in [1.165, 1.54) is 17.0 Å². The highest BCUT2D eigenvalue weighted by atomic mass is 19.1. The van der Waals surface area contributed by atoms with E-state index in [0.29, 0.717) is 13.0 Å². The highest BCUT2D eigenvalue weighted by Crippen LogP contribution is 2.21. The molecule has 0 aliphatic carbocycles. The van der Waals surface area contributed by atoms with Crippen molar-refractivity contribution in [3.05, 3.63) is 35.6 Å². The van der Waals surface area contributed by atoms with E-state index < -0.39 is 6.04 Å². The summed E-state index contributed by atoms with van der Waals surface area (Å²) in [7, 11) is 3.33. The van der Waals surface area contributed by atoms with E-state index >= 15 is 0 Å². The number of likely N-dealkylation sites (tertiary alicyclic amines) is 1. The van der Waals surface area contributed by atoms with Crippen molar-refractivity contribution in [3.8, 4) is 0 Å². The number of benzene rings is 1. The molecule has 126 valence electrons. The summed E-state index contributed by atoms with van der Waals surface area (Å²) in [5.41, 5.74) is 1.01. The lowest BCUT2D eigenvalue weighted by atomic mass is 10.0. The fraction of sp³-hybridized carbons (Fsp3) is 0.529. The number of carbonyl (C=O) groups is 2. The summed E-state index contributed by atoms with van der Waals surface area (Å²) in [5.74, 6) is -0.390. The maximum Gasteiger partial charge on any atom is 0.318 e. The molecule has 2 atom stereocenters. The molecule has 3 amide bonds. The zero-order valence-corrected chi connectivity index (χ0v) is 13.9. The van der Waals surface area contributed by atoms with Gasteiger partial charge >= 0.3 is 6.03 Å². The molecule has 1 saturated heterocycles. The van der Waals surface area contributed by atoms with E-state index in [1.54, 1.807) is 38.1 Å². The second-order valence-corrected chi connectivity index (χ2v) is 6.22. The standard InChI is InChI=1S/C17H24FN3O2/c1-12(16(22)20(2)3)19-17(23)21-10-4-5-15(21)11-13-6-8-14(18)9-7-13/h6-9,12,15H,4-5,10-11H2,1-3H3,(H,19,23). The first-order chi connectivity index (χ1) is 10.9. The van der Waals surface area contributed by atoms with Crippen LogP contribution in [0.5, 0.6) is 0 Å². The minimum atomic E-state index is -0.551. The molecule has 1 aromatic rings. The fourth-order valence-electron chi connectivity index (χ4n) is 2.93. The van der Waals surface area contributed by atoms with Crippen LogP contribution in [0.3, 0.4) is 0 Å². The van der Waals surface area contributed by atoms with Crippen molar-refractivity contribution in [2.45, 2.75) is 38.3 Å². The highest BCUT2D eigenvalue weighted by molar-refractivity contribution is 5.86. The maximum absolute atomic E-state index is 13.0. The Morgan fingerprint density at radius 2 is 2.00 bits per heavy atom. The zero-order valence-electron chi connectivity index (χ0n) is 13.9. The van der Waals surface area contributed by atoms with Gasteiger partial charge in [0.25, 0.3) is 0 Å². The van der Waals surface area contributed by atoms with E-state index in [9.17, 15) is 14.0 Å². The molecule has 5 nitrogen and oxygen atoms in total. The number of amides is 3. The van der Waals surface area contributed by atoms with Gasteiger partial charge in [-0.25, -0.2) is 9.18 Å². The van der Waals surface area contributed by atoms with Gasteiger partial charge in [-0.2, -0.15) is 0 Å². The maximum atomic E-state index is 13.0. The van der Waals surface area contributed by atoms with Crippen molar-refractivity contribution in [3.63, 3.8) is 0 Å². The molecule has 23 heavy (non-hydrogen) atoms. The molecule has 1 N–H and O–H groups in total. The van der Waals surface area contributed by atoms with Crippen LogP contribution in [0.15, 0.2) is 24.3 Å². The molecular weight excluding hydrogens is 297 g/mol. The number of urea groups is 1. The number of hydrogen-bond donors (Lipinski definition) is 1. The van der Waals surface area contributed by atoms with Gasteiger partial charge in [-0.15, -0.1) is 0 Å². The normalized spacial score (nSPS) is 18.6. The molecule has 6 heteroatoms. The van der Waals surface area contributed by atoms with Gasteiger partial charge in [0.1, 0.15) is 11.9 Å². The molecule has 1 aliphatic heterocycles. The Hall–Kier alpha value is -2.11. The van der Waals surface area contributed by atoms with Gasteiger partial charge in [0.15, 0.2) is 0 Å². The molecule has 0 radical (unpaired) electrons. The molecular formula is C17H24FN3O2. The second-order valence-electron chi connectivity index (χ2n) is 6.22. The van der Waals surface area contributed by atoms with Crippen molar-refractivity contribution in [2.24, 2.45) is 0 Å². The van der Waals surface area contributed by atoms with Crippen molar-refractivity contribution >= 4 is 11.9 Å². The number of halogens is 1. The highest BCUT2D eigenvalue weighted by Gasteiger charge is 2.30. The Bertz CT molecular complexity index is 559. The Balaban J connectivity index is 1.96. The van der Waals surface area contributed by atoms with E-state index in [1.807, 2.05) is 0 Å². The van der Waals surface area contributed by atoms with Crippen LogP contribution in [-0.2, 0) is 11.2 Å². The van der Waals surface area contributed by atoms with Gasteiger partial charge in [-0.05, 0) is 43.9 Å². The number of rotatable bonds is 4. The average Bonchev–Trinajstić information content (AvgIpc) is 2.96. The SMILES string of the molecule is CC(NC(=O)N1CCCC1Cc1ccc(F)cc1)C(=O)N(C)C. The van der Waals surface area contributed by atoms with Gasteiger partial charge in [0.05, 0.1) is 0 Å². The predicted molar refractivity (Wildman–Crippen MR) is 86.5 cm³/mol. The summed E-state index contributed by atoms with van der Waals surface area (Å²) in [6.45, 7) is 2.37. The molecule has 1 aliphatic rings. The van der Waals surface area contributed by atoms with Crippen LogP contribution in [0, 0.1) is 5.82 Å². The van der Waals surface area contributed by atoms with Crippen LogP contribution >= 0.6 is 0 Å². The third kappa shape index (κ3) is 4.43. The van der Waals surface area contributed by atoms with E-state index in [-0.39, 0.29) is 23.8 Å². The molecule has 2 unspecified atom stereocenters. The zero-order chi connectivity index (χ0) is 17.0. The van der Waals surface area contributed by atoms with Crippen LogP contribution in [0.1, 0.15) is 25.3 Å². The number of likely N-dealkylation sites (N-methyl/N-ethyl adjacent to an activating group) is 1. The summed E-state index contributed by atoms with van der Waals surface area (Å²) in [4.78, 5) is 27.5. The van der Waals surface area contributed by atoms with Crippen LogP contribution in [0.4, 0.5) is 9.18 Å². The van der Waals surface area contributed by atoms with Crippen molar-refractivity contribution in [1.82, 2.24) is 15.1 Å². The van der Waals surface area contributed by atoms with Gasteiger partial charge in [-0.1, -0.05) is 12.1 Å². The molecule has 1 fully saturated rings. The van der Waals surface area contributed by atoms with Gasteiger partial charge < -0.3 is 15.1 Å². The largest absolute Gasteiger partial charge is 0.347 e.